The Morgan fingerprint density at radius 2 is 1.97 bits per heavy atom. The predicted molar refractivity (Wildman–Crippen MR) is 107 cm³/mol. The second-order valence-corrected chi connectivity index (χ2v) is 8.00. The number of nitrogens with zero attached hydrogens (tertiary/aromatic N) is 5. The first kappa shape index (κ1) is 19.6. The van der Waals surface area contributed by atoms with Crippen molar-refractivity contribution < 1.29 is 13.6 Å². The van der Waals surface area contributed by atoms with Gasteiger partial charge in [-0.25, -0.2) is 18.7 Å². The summed E-state index contributed by atoms with van der Waals surface area (Å²) in [4.78, 5) is 24.0. The Bertz CT molecular complexity index is 891. The quantitative estimate of drug-likeness (QED) is 0.848. The summed E-state index contributed by atoms with van der Waals surface area (Å²) in [7, 11) is 1.88. The maximum atomic E-state index is 13.8. The van der Waals surface area contributed by atoms with Crippen LogP contribution in [0.1, 0.15) is 37.7 Å². The highest BCUT2D eigenvalue weighted by Gasteiger charge is 2.39. The van der Waals surface area contributed by atoms with Crippen molar-refractivity contribution in [2.75, 3.05) is 36.4 Å². The van der Waals surface area contributed by atoms with Crippen molar-refractivity contribution in [1.29, 1.82) is 0 Å². The lowest BCUT2D eigenvalue weighted by Gasteiger charge is -2.32. The zero-order chi connectivity index (χ0) is 20.6. The summed E-state index contributed by atoms with van der Waals surface area (Å²) in [6.45, 7) is 2.99. The number of piperidine rings is 1. The highest BCUT2D eigenvalue weighted by atomic mass is 19.3. The second-order valence-electron chi connectivity index (χ2n) is 8.00. The van der Waals surface area contributed by atoms with Crippen molar-refractivity contribution in [2.45, 2.75) is 38.0 Å². The molecule has 0 bridgehead atoms. The van der Waals surface area contributed by atoms with E-state index in [0.29, 0.717) is 30.5 Å². The van der Waals surface area contributed by atoms with E-state index in [-0.39, 0.29) is 31.3 Å². The highest BCUT2D eigenvalue weighted by molar-refractivity contribution is 5.73. The number of anilines is 3. The molecular formula is C20H26F2N6O. The van der Waals surface area contributed by atoms with Gasteiger partial charge in [-0.15, -0.1) is 0 Å². The van der Waals surface area contributed by atoms with Crippen LogP contribution in [0, 0.1) is 0 Å². The Morgan fingerprint density at radius 3 is 2.55 bits per heavy atom. The molecule has 9 heteroatoms. The molecule has 0 saturated carbocycles. The molecule has 1 amide bonds. The highest BCUT2D eigenvalue weighted by Crippen LogP contribution is 2.35. The SMILES string of the molecule is CC(=O)N1CCC(c2cc(Nc3cn(C)cn3)nc(N3CCC(F)(F)C3)c2)CC1. The van der Waals surface area contributed by atoms with Gasteiger partial charge in [-0.05, 0) is 36.5 Å². The van der Waals surface area contributed by atoms with E-state index >= 15 is 0 Å². The van der Waals surface area contributed by atoms with Gasteiger partial charge in [0.1, 0.15) is 17.5 Å². The fourth-order valence-corrected chi connectivity index (χ4v) is 4.07. The summed E-state index contributed by atoms with van der Waals surface area (Å²) in [5, 5.41) is 3.19. The third-order valence-corrected chi connectivity index (χ3v) is 5.70. The largest absolute Gasteiger partial charge is 0.350 e. The molecule has 156 valence electrons. The van der Waals surface area contributed by atoms with Crippen LogP contribution in [0.3, 0.4) is 0 Å². The smallest absolute Gasteiger partial charge is 0.266 e. The molecule has 2 fully saturated rings. The number of likely N-dealkylation sites (tertiary alicyclic amines) is 1. The van der Waals surface area contributed by atoms with Gasteiger partial charge in [0.05, 0.1) is 12.9 Å². The molecule has 0 aliphatic carbocycles. The van der Waals surface area contributed by atoms with E-state index in [1.54, 1.807) is 18.2 Å². The van der Waals surface area contributed by atoms with Crippen molar-refractivity contribution in [3.8, 4) is 0 Å². The summed E-state index contributed by atoms with van der Waals surface area (Å²) >= 11 is 0. The van der Waals surface area contributed by atoms with Crippen LogP contribution in [0.2, 0.25) is 0 Å². The van der Waals surface area contributed by atoms with Gasteiger partial charge in [0.2, 0.25) is 5.91 Å². The average Bonchev–Trinajstić information content (AvgIpc) is 3.26. The summed E-state index contributed by atoms with van der Waals surface area (Å²) in [5.41, 5.74) is 1.06. The number of halogens is 2. The van der Waals surface area contributed by atoms with E-state index in [0.717, 1.165) is 18.4 Å². The Balaban J connectivity index is 1.60. The summed E-state index contributed by atoms with van der Waals surface area (Å²) in [5.74, 6) is -0.511. The molecule has 0 unspecified atom stereocenters. The molecule has 7 nitrogen and oxygen atoms in total. The van der Waals surface area contributed by atoms with Crippen LogP contribution in [0.15, 0.2) is 24.7 Å². The van der Waals surface area contributed by atoms with E-state index in [1.807, 2.05) is 34.8 Å². The number of pyridine rings is 1. The first-order valence-electron chi connectivity index (χ1n) is 9.94. The zero-order valence-electron chi connectivity index (χ0n) is 16.7. The van der Waals surface area contributed by atoms with Gasteiger partial charge in [-0.3, -0.25) is 4.79 Å². The summed E-state index contributed by atoms with van der Waals surface area (Å²) in [6.07, 6.45) is 5.07. The molecule has 2 aromatic rings. The molecule has 4 heterocycles. The molecule has 0 aromatic carbocycles. The lowest BCUT2D eigenvalue weighted by Crippen LogP contribution is -2.36. The van der Waals surface area contributed by atoms with Gasteiger partial charge < -0.3 is 19.7 Å². The molecule has 2 aliphatic rings. The first-order chi connectivity index (χ1) is 13.8. The number of hydrogen-bond donors (Lipinski definition) is 1. The topological polar surface area (TPSA) is 66.3 Å². The summed E-state index contributed by atoms with van der Waals surface area (Å²) in [6, 6.07) is 3.90. The maximum Gasteiger partial charge on any atom is 0.266 e. The number of aromatic nitrogens is 3. The molecule has 2 aromatic heterocycles. The monoisotopic (exact) mass is 404 g/mol. The maximum absolute atomic E-state index is 13.8. The third-order valence-electron chi connectivity index (χ3n) is 5.70. The van der Waals surface area contributed by atoms with Crippen molar-refractivity contribution in [1.82, 2.24) is 19.4 Å². The minimum atomic E-state index is -2.68. The van der Waals surface area contributed by atoms with Crippen molar-refractivity contribution in [2.24, 2.45) is 7.05 Å². The number of alkyl halides is 2. The van der Waals surface area contributed by atoms with Gasteiger partial charge in [-0.2, -0.15) is 0 Å². The number of imidazole rings is 1. The Morgan fingerprint density at radius 1 is 1.21 bits per heavy atom. The number of carbonyl (C=O) groups excluding carboxylic acids is 1. The molecule has 29 heavy (non-hydrogen) atoms. The van der Waals surface area contributed by atoms with Crippen molar-refractivity contribution >= 4 is 23.4 Å². The van der Waals surface area contributed by atoms with E-state index in [2.05, 4.69) is 15.3 Å². The molecule has 0 atom stereocenters. The number of carbonyl (C=O) groups is 1. The van der Waals surface area contributed by atoms with Gasteiger partial charge >= 0.3 is 0 Å². The molecular weight excluding hydrogens is 378 g/mol. The predicted octanol–water partition coefficient (Wildman–Crippen LogP) is 3.13. The number of nitrogens with one attached hydrogen (secondary N) is 1. The Kier molecular flexibility index (Phi) is 5.14. The standard InChI is InChI=1S/C20H26F2N6O/c1-14(29)27-6-3-15(4-7-27)16-9-17(24-18-11-26(2)13-23-18)25-19(10-16)28-8-5-20(21,22)12-28/h9-11,13,15H,3-8,12H2,1-2H3,(H,24,25). The second kappa shape index (κ2) is 7.61. The van der Waals surface area contributed by atoms with Crippen molar-refractivity contribution in [3.63, 3.8) is 0 Å². The number of amides is 1. The molecule has 0 spiro atoms. The van der Waals surface area contributed by atoms with Crippen LogP contribution >= 0.6 is 0 Å². The van der Waals surface area contributed by atoms with Crippen LogP contribution in [0.25, 0.3) is 0 Å². The Labute approximate surface area is 168 Å². The van der Waals surface area contributed by atoms with Crippen LogP contribution in [-0.4, -0.2) is 57.4 Å². The zero-order valence-corrected chi connectivity index (χ0v) is 16.7. The number of aryl methyl sites for hydroxylation is 1. The minimum Gasteiger partial charge on any atom is -0.350 e. The van der Waals surface area contributed by atoms with Crippen LogP contribution < -0.4 is 10.2 Å². The fourth-order valence-electron chi connectivity index (χ4n) is 4.07. The molecule has 1 N–H and O–H groups in total. The average molecular weight is 404 g/mol. The van der Waals surface area contributed by atoms with Crippen molar-refractivity contribution in [3.05, 3.63) is 30.2 Å². The van der Waals surface area contributed by atoms with Gasteiger partial charge in [0.25, 0.3) is 5.92 Å². The fraction of sp³-hybridized carbons (Fsp3) is 0.550. The minimum absolute atomic E-state index is 0.0932. The van der Waals surface area contributed by atoms with E-state index in [4.69, 9.17) is 0 Å². The number of rotatable bonds is 4. The Hall–Kier alpha value is -2.71. The van der Waals surface area contributed by atoms with Gasteiger partial charge in [0, 0.05) is 46.2 Å². The van der Waals surface area contributed by atoms with E-state index in [1.165, 1.54) is 0 Å². The molecule has 2 aliphatic heterocycles. The molecule has 4 rings (SSSR count). The third kappa shape index (κ3) is 4.49. The lowest BCUT2D eigenvalue weighted by atomic mass is 9.89. The van der Waals surface area contributed by atoms with Crippen LogP contribution in [0.5, 0.6) is 0 Å². The molecule has 0 radical (unpaired) electrons. The summed E-state index contributed by atoms with van der Waals surface area (Å²) < 4.78 is 29.4. The van der Waals surface area contributed by atoms with Crippen LogP contribution in [0.4, 0.5) is 26.2 Å². The van der Waals surface area contributed by atoms with E-state index in [9.17, 15) is 13.6 Å². The van der Waals surface area contributed by atoms with Crippen LogP contribution in [-0.2, 0) is 11.8 Å². The van der Waals surface area contributed by atoms with Gasteiger partial charge in [0.15, 0.2) is 0 Å². The lowest BCUT2D eigenvalue weighted by molar-refractivity contribution is -0.129. The normalized spacial score (nSPS) is 19.6. The van der Waals surface area contributed by atoms with E-state index < -0.39 is 5.92 Å². The number of hydrogen-bond acceptors (Lipinski definition) is 5. The molecule has 2 saturated heterocycles. The van der Waals surface area contributed by atoms with Gasteiger partial charge in [-0.1, -0.05) is 0 Å². The first-order valence-corrected chi connectivity index (χ1v) is 9.94.